The number of nitrogens with zero attached hydrogens (tertiary/aromatic N) is 4. The molecule has 4 amide bonds. The highest BCUT2D eigenvalue weighted by Crippen LogP contribution is 2.39. The third-order valence-electron chi connectivity index (χ3n) is 7.50. The van der Waals surface area contributed by atoms with Gasteiger partial charge in [0.2, 0.25) is 0 Å². The summed E-state index contributed by atoms with van der Waals surface area (Å²) < 4.78 is 47.9. The van der Waals surface area contributed by atoms with Crippen LogP contribution in [0.15, 0.2) is 66.9 Å². The van der Waals surface area contributed by atoms with E-state index < -0.39 is 29.5 Å². The molecule has 2 aromatic carbocycles. The first-order valence-corrected chi connectivity index (χ1v) is 15.8. The summed E-state index contributed by atoms with van der Waals surface area (Å²) in [6.45, 7) is 9.75. The lowest BCUT2D eigenvalue weighted by molar-refractivity contribution is -0.137. The summed E-state index contributed by atoms with van der Waals surface area (Å²) in [6.07, 6.45) is -3.60. The Morgan fingerprint density at radius 2 is 1.53 bits per heavy atom. The summed E-state index contributed by atoms with van der Waals surface area (Å²) >= 11 is 0. The van der Waals surface area contributed by atoms with Crippen molar-refractivity contribution in [2.24, 2.45) is 0 Å². The van der Waals surface area contributed by atoms with Crippen LogP contribution in [0.1, 0.15) is 50.5 Å². The summed E-state index contributed by atoms with van der Waals surface area (Å²) in [5, 5.41) is 7.99. The van der Waals surface area contributed by atoms with E-state index in [1.807, 2.05) is 13.8 Å². The Morgan fingerprint density at radius 1 is 0.878 bits per heavy atom. The first kappa shape index (κ1) is 34.9. The Balaban J connectivity index is 1.26. The molecule has 258 valence electrons. The third kappa shape index (κ3) is 8.75. The van der Waals surface area contributed by atoms with Crippen LogP contribution in [-0.4, -0.2) is 70.7 Å². The first-order chi connectivity index (χ1) is 23.1. The quantitative estimate of drug-likeness (QED) is 0.198. The summed E-state index contributed by atoms with van der Waals surface area (Å²) in [6, 6.07) is 14.6. The maximum Gasteiger partial charge on any atom is 0.418 e. The molecule has 4 aromatic rings. The largest absolute Gasteiger partial charge is 0.444 e. The number of fused-ring (bicyclic) bond motifs is 1. The molecule has 11 nitrogen and oxygen atoms in total. The van der Waals surface area contributed by atoms with Crippen molar-refractivity contribution < 1.29 is 32.3 Å². The van der Waals surface area contributed by atoms with Gasteiger partial charge in [-0.1, -0.05) is 12.1 Å². The Morgan fingerprint density at radius 3 is 2.16 bits per heavy atom. The number of amides is 4. The number of alkyl halides is 3. The van der Waals surface area contributed by atoms with E-state index in [4.69, 9.17) is 4.74 Å². The van der Waals surface area contributed by atoms with E-state index in [0.717, 1.165) is 6.07 Å². The van der Waals surface area contributed by atoms with Gasteiger partial charge in [-0.3, -0.25) is 9.78 Å². The monoisotopic (exact) mass is 677 g/mol. The second-order valence-corrected chi connectivity index (χ2v) is 12.9. The van der Waals surface area contributed by atoms with E-state index in [1.165, 1.54) is 17.0 Å². The van der Waals surface area contributed by atoms with Crippen LogP contribution in [0.3, 0.4) is 0 Å². The molecule has 0 unspecified atom stereocenters. The van der Waals surface area contributed by atoms with Crippen molar-refractivity contribution in [2.45, 2.75) is 52.4 Å². The zero-order chi connectivity index (χ0) is 35.5. The van der Waals surface area contributed by atoms with E-state index in [2.05, 4.69) is 25.9 Å². The molecule has 1 aliphatic heterocycles. The van der Waals surface area contributed by atoms with Crippen molar-refractivity contribution in [3.8, 4) is 11.3 Å². The van der Waals surface area contributed by atoms with Crippen LogP contribution in [0.5, 0.6) is 0 Å². The highest BCUT2D eigenvalue weighted by molar-refractivity contribution is 6.06. The first-order valence-electron chi connectivity index (χ1n) is 15.8. The number of urea groups is 1. The highest BCUT2D eigenvalue weighted by atomic mass is 19.4. The molecule has 1 saturated heterocycles. The number of anilines is 3. The minimum absolute atomic E-state index is 0.0409. The lowest BCUT2D eigenvalue weighted by Crippen LogP contribution is -2.50. The van der Waals surface area contributed by atoms with Crippen molar-refractivity contribution in [1.29, 1.82) is 0 Å². The molecular weight excluding hydrogens is 639 g/mol. The maximum absolute atomic E-state index is 14.2. The molecule has 3 heterocycles. The standard InChI is InChI=1S/C35H38F3N7O4/c1-21(2)40-31(46)25-20-28(43-27-7-6-14-39-30(25)27)22-8-10-23(11-9-22)41-32(47)42-24-12-13-29(26(19-24)35(36,37)38)44-15-17-45(18-16-44)33(48)49-34(3,4)5/h6-14,19-21H,15-18H2,1-5H3,(H,40,46)(H2,41,42,47). The number of carbonyl (C=O) groups excluding carboxylic acids is 3. The molecule has 0 bridgehead atoms. The van der Waals surface area contributed by atoms with Gasteiger partial charge in [0.15, 0.2) is 0 Å². The Labute approximate surface area is 281 Å². The van der Waals surface area contributed by atoms with Crippen molar-refractivity contribution in [3.05, 3.63) is 78.0 Å². The van der Waals surface area contributed by atoms with Crippen LogP contribution in [0, 0.1) is 0 Å². The lowest BCUT2D eigenvalue weighted by Gasteiger charge is -2.37. The minimum Gasteiger partial charge on any atom is -0.444 e. The molecule has 0 radical (unpaired) electrons. The van der Waals surface area contributed by atoms with Crippen LogP contribution in [0.2, 0.25) is 0 Å². The van der Waals surface area contributed by atoms with E-state index in [9.17, 15) is 27.6 Å². The number of pyridine rings is 2. The van der Waals surface area contributed by atoms with Crippen molar-refractivity contribution >= 4 is 46.1 Å². The number of hydrogen-bond acceptors (Lipinski definition) is 7. The molecule has 14 heteroatoms. The Kier molecular flexibility index (Phi) is 9.97. The normalized spacial score (nSPS) is 13.7. The fourth-order valence-corrected chi connectivity index (χ4v) is 5.31. The number of halogens is 3. The van der Waals surface area contributed by atoms with E-state index in [1.54, 1.807) is 74.3 Å². The van der Waals surface area contributed by atoms with Crippen molar-refractivity contribution in [1.82, 2.24) is 20.2 Å². The van der Waals surface area contributed by atoms with Crippen LogP contribution in [0.25, 0.3) is 22.3 Å². The molecule has 0 spiro atoms. The predicted octanol–water partition coefficient (Wildman–Crippen LogP) is 7.15. The van der Waals surface area contributed by atoms with Crippen LogP contribution in [0.4, 0.5) is 39.8 Å². The second-order valence-electron chi connectivity index (χ2n) is 12.9. The van der Waals surface area contributed by atoms with Gasteiger partial charge in [-0.15, -0.1) is 0 Å². The van der Waals surface area contributed by atoms with Gasteiger partial charge in [0, 0.05) is 61.0 Å². The Bertz CT molecular complexity index is 1850. The van der Waals surface area contributed by atoms with Gasteiger partial charge in [0.05, 0.1) is 22.3 Å². The van der Waals surface area contributed by atoms with Gasteiger partial charge in [-0.05, 0) is 83.1 Å². The summed E-state index contributed by atoms with van der Waals surface area (Å²) in [7, 11) is 0. The SMILES string of the molecule is CC(C)NC(=O)c1cc(-c2ccc(NC(=O)Nc3ccc(N4CCN(C(=O)OC(C)(C)C)CC4)c(C(F)(F)F)c3)cc2)nc2cccnc12. The summed E-state index contributed by atoms with van der Waals surface area (Å²) in [4.78, 5) is 50.1. The average molecular weight is 678 g/mol. The summed E-state index contributed by atoms with van der Waals surface area (Å²) in [5.74, 6) is -0.278. The van der Waals surface area contributed by atoms with Gasteiger partial charge in [-0.2, -0.15) is 13.2 Å². The van der Waals surface area contributed by atoms with Crippen molar-refractivity contribution in [2.75, 3.05) is 41.7 Å². The second kappa shape index (κ2) is 14.0. The fraction of sp³-hybridized carbons (Fsp3) is 0.343. The number of hydrogen-bond donors (Lipinski definition) is 3. The molecule has 0 atom stereocenters. The number of ether oxygens (including phenoxy) is 1. The number of nitrogens with one attached hydrogen (secondary N) is 3. The number of carbonyl (C=O) groups is 3. The molecule has 5 rings (SSSR count). The maximum atomic E-state index is 14.2. The zero-order valence-electron chi connectivity index (χ0n) is 27.8. The van der Waals surface area contributed by atoms with E-state index in [-0.39, 0.29) is 49.5 Å². The number of piperazine rings is 1. The number of aromatic nitrogens is 2. The molecule has 0 saturated carbocycles. The van der Waals surface area contributed by atoms with Crippen LogP contribution in [-0.2, 0) is 10.9 Å². The molecule has 1 aliphatic rings. The predicted molar refractivity (Wildman–Crippen MR) is 182 cm³/mol. The fourth-order valence-electron chi connectivity index (χ4n) is 5.31. The summed E-state index contributed by atoms with van der Waals surface area (Å²) in [5.41, 5.74) is 1.31. The molecular formula is C35H38F3N7O4. The van der Waals surface area contributed by atoms with E-state index in [0.29, 0.717) is 33.5 Å². The van der Waals surface area contributed by atoms with Gasteiger partial charge in [0.25, 0.3) is 5.91 Å². The van der Waals surface area contributed by atoms with Gasteiger partial charge in [0.1, 0.15) is 11.1 Å². The molecule has 0 aliphatic carbocycles. The number of benzene rings is 2. The molecule has 1 fully saturated rings. The van der Waals surface area contributed by atoms with Crippen LogP contribution >= 0.6 is 0 Å². The lowest BCUT2D eigenvalue weighted by atomic mass is 10.1. The van der Waals surface area contributed by atoms with Gasteiger partial charge >= 0.3 is 18.3 Å². The topological polar surface area (TPSA) is 129 Å². The van der Waals surface area contributed by atoms with Gasteiger partial charge in [-0.25, -0.2) is 14.6 Å². The molecule has 2 aromatic heterocycles. The van der Waals surface area contributed by atoms with Gasteiger partial charge < -0.3 is 30.5 Å². The Hall–Kier alpha value is -5.40. The minimum atomic E-state index is -4.69. The number of rotatable bonds is 6. The zero-order valence-corrected chi connectivity index (χ0v) is 27.8. The van der Waals surface area contributed by atoms with Crippen molar-refractivity contribution in [3.63, 3.8) is 0 Å². The smallest absolute Gasteiger partial charge is 0.418 e. The third-order valence-corrected chi connectivity index (χ3v) is 7.50. The van der Waals surface area contributed by atoms with Crippen LogP contribution < -0.4 is 20.9 Å². The van der Waals surface area contributed by atoms with E-state index >= 15 is 0 Å². The average Bonchev–Trinajstić information content (AvgIpc) is 3.03. The molecule has 3 N–H and O–H groups in total. The molecule has 49 heavy (non-hydrogen) atoms. The highest BCUT2D eigenvalue weighted by Gasteiger charge is 2.36.